The third-order valence-electron chi connectivity index (χ3n) is 2.71. The Morgan fingerprint density at radius 1 is 1.21 bits per heavy atom. The lowest BCUT2D eigenvalue weighted by atomic mass is 10.2. The van der Waals surface area contributed by atoms with Crippen LogP contribution in [0.15, 0.2) is 36.4 Å². The number of anilines is 2. The van der Waals surface area contributed by atoms with Crippen LogP contribution in [0.25, 0.3) is 0 Å². The minimum atomic E-state index is 0.358. The molecule has 0 radical (unpaired) electrons. The van der Waals surface area contributed by atoms with Gasteiger partial charge in [-0.2, -0.15) is 0 Å². The van der Waals surface area contributed by atoms with Gasteiger partial charge in [0.15, 0.2) is 5.82 Å². The van der Waals surface area contributed by atoms with Crippen LogP contribution in [0.4, 0.5) is 11.6 Å². The highest BCUT2D eigenvalue weighted by atomic mass is 16.5. The largest absolute Gasteiger partial charge is 0.384 e. The maximum atomic E-state index is 5.79. The molecule has 0 saturated heterocycles. The van der Waals surface area contributed by atoms with Gasteiger partial charge in [0.25, 0.3) is 0 Å². The first-order valence-electron chi connectivity index (χ1n) is 6.06. The van der Waals surface area contributed by atoms with Crippen LogP contribution in [0, 0.1) is 0 Å². The van der Waals surface area contributed by atoms with Gasteiger partial charge < -0.3 is 15.4 Å². The Labute approximate surface area is 113 Å². The van der Waals surface area contributed by atoms with Crippen LogP contribution in [-0.2, 0) is 17.9 Å². The Balaban J connectivity index is 2.16. The zero-order valence-electron chi connectivity index (χ0n) is 11.2. The third-order valence-corrected chi connectivity index (χ3v) is 2.71. The summed E-state index contributed by atoms with van der Waals surface area (Å²) in [5.41, 5.74) is 7.01. The molecule has 0 spiro atoms. The summed E-state index contributed by atoms with van der Waals surface area (Å²) in [6.45, 7) is 1.13. The van der Waals surface area contributed by atoms with Gasteiger partial charge >= 0.3 is 0 Å². The van der Waals surface area contributed by atoms with Crippen molar-refractivity contribution in [2.75, 3.05) is 24.8 Å². The summed E-state index contributed by atoms with van der Waals surface area (Å²) >= 11 is 0. The number of hydrogen-bond donors (Lipinski definition) is 1. The van der Waals surface area contributed by atoms with Crippen LogP contribution in [0.1, 0.15) is 11.4 Å². The van der Waals surface area contributed by atoms with Gasteiger partial charge in [0, 0.05) is 26.8 Å². The number of rotatable bonds is 5. The Morgan fingerprint density at radius 2 is 1.95 bits per heavy atom. The van der Waals surface area contributed by atoms with Crippen molar-refractivity contribution in [3.63, 3.8) is 0 Å². The van der Waals surface area contributed by atoms with E-state index >= 15 is 0 Å². The lowest BCUT2D eigenvalue weighted by Gasteiger charge is -2.19. The molecule has 1 aromatic carbocycles. The second-order valence-corrected chi connectivity index (χ2v) is 4.34. The molecule has 19 heavy (non-hydrogen) atoms. The van der Waals surface area contributed by atoms with Crippen LogP contribution in [0.5, 0.6) is 0 Å². The van der Waals surface area contributed by atoms with Crippen LogP contribution in [-0.4, -0.2) is 24.1 Å². The number of methoxy groups -OCH3 is 1. The van der Waals surface area contributed by atoms with Crippen molar-refractivity contribution in [1.82, 2.24) is 9.97 Å². The summed E-state index contributed by atoms with van der Waals surface area (Å²) in [6, 6.07) is 12.0. The van der Waals surface area contributed by atoms with E-state index in [1.165, 1.54) is 5.56 Å². The van der Waals surface area contributed by atoms with E-state index < -0.39 is 0 Å². The molecule has 1 aromatic heterocycles. The molecule has 0 fully saturated rings. The fourth-order valence-electron chi connectivity index (χ4n) is 1.83. The van der Waals surface area contributed by atoms with Crippen LogP contribution >= 0.6 is 0 Å². The highest BCUT2D eigenvalue weighted by Gasteiger charge is 2.07. The summed E-state index contributed by atoms with van der Waals surface area (Å²) in [5.74, 6) is 1.85. The van der Waals surface area contributed by atoms with Gasteiger partial charge in [0.05, 0.1) is 0 Å². The van der Waals surface area contributed by atoms with E-state index in [1.54, 1.807) is 13.2 Å². The maximum absolute atomic E-state index is 5.79. The number of ether oxygens (including phenoxy) is 1. The van der Waals surface area contributed by atoms with Gasteiger partial charge in [-0.1, -0.05) is 30.3 Å². The topological polar surface area (TPSA) is 64.3 Å². The average molecular weight is 258 g/mol. The van der Waals surface area contributed by atoms with Gasteiger partial charge in [-0.15, -0.1) is 0 Å². The zero-order valence-corrected chi connectivity index (χ0v) is 11.2. The number of hydrogen-bond acceptors (Lipinski definition) is 5. The average Bonchev–Trinajstić information content (AvgIpc) is 2.39. The van der Waals surface area contributed by atoms with Crippen molar-refractivity contribution < 1.29 is 4.74 Å². The summed E-state index contributed by atoms with van der Waals surface area (Å²) in [5, 5.41) is 0. The summed E-state index contributed by atoms with van der Waals surface area (Å²) in [7, 11) is 3.59. The highest BCUT2D eigenvalue weighted by molar-refractivity contribution is 5.46. The molecule has 2 rings (SSSR count). The molecule has 5 nitrogen and oxygen atoms in total. The normalized spacial score (nSPS) is 10.4. The first kappa shape index (κ1) is 13.3. The molecule has 0 saturated carbocycles. The molecule has 5 heteroatoms. The highest BCUT2D eigenvalue weighted by Crippen LogP contribution is 2.15. The van der Waals surface area contributed by atoms with Gasteiger partial charge in [-0.3, -0.25) is 0 Å². The van der Waals surface area contributed by atoms with Gasteiger partial charge in [-0.25, -0.2) is 9.97 Å². The molecule has 100 valence electrons. The number of benzene rings is 1. The first-order valence-corrected chi connectivity index (χ1v) is 6.06. The zero-order chi connectivity index (χ0) is 13.7. The third kappa shape index (κ3) is 3.66. The van der Waals surface area contributed by atoms with E-state index in [1.807, 2.05) is 30.1 Å². The van der Waals surface area contributed by atoms with Crippen molar-refractivity contribution >= 4 is 11.6 Å². The van der Waals surface area contributed by atoms with Crippen molar-refractivity contribution in [1.29, 1.82) is 0 Å². The predicted octanol–water partition coefficient (Wildman–Crippen LogP) is 1.84. The van der Waals surface area contributed by atoms with Crippen LogP contribution in [0.2, 0.25) is 0 Å². The molecular weight excluding hydrogens is 240 g/mol. The van der Waals surface area contributed by atoms with Crippen molar-refractivity contribution in [3.8, 4) is 0 Å². The molecular formula is C14H18N4O. The van der Waals surface area contributed by atoms with Gasteiger partial charge in [0.1, 0.15) is 18.2 Å². The van der Waals surface area contributed by atoms with Crippen molar-refractivity contribution in [2.24, 2.45) is 0 Å². The molecule has 0 unspecified atom stereocenters. The van der Waals surface area contributed by atoms with E-state index in [0.717, 1.165) is 12.4 Å². The van der Waals surface area contributed by atoms with E-state index in [4.69, 9.17) is 10.5 Å². The lowest BCUT2D eigenvalue weighted by molar-refractivity contribution is 0.178. The van der Waals surface area contributed by atoms with Gasteiger partial charge in [-0.05, 0) is 5.56 Å². The number of nitrogens with zero attached hydrogens (tertiary/aromatic N) is 3. The number of nitrogens with two attached hydrogens (primary N) is 1. The Bertz CT molecular complexity index is 530. The van der Waals surface area contributed by atoms with Crippen LogP contribution < -0.4 is 10.6 Å². The fourth-order valence-corrected chi connectivity index (χ4v) is 1.83. The molecule has 0 amide bonds. The molecule has 0 aliphatic carbocycles. The summed E-state index contributed by atoms with van der Waals surface area (Å²) in [6.07, 6.45) is 0. The van der Waals surface area contributed by atoms with E-state index in [9.17, 15) is 0 Å². The molecule has 2 aromatic rings. The summed E-state index contributed by atoms with van der Waals surface area (Å²) < 4.78 is 5.04. The second-order valence-electron chi connectivity index (χ2n) is 4.34. The van der Waals surface area contributed by atoms with Gasteiger partial charge in [0.2, 0.25) is 0 Å². The Morgan fingerprint density at radius 3 is 2.63 bits per heavy atom. The Kier molecular flexibility index (Phi) is 4.30. The number of aromatic nitrogens is 2. The minimum Gasteiger partial charge on any atom is -0.384 e. The number of nitrogen functional groups attached to an aromatic ring is 1. The van der Waals surface area contributed by atoms with Crippen LogP contribution in [0.3, 0.4) is 0 Å². The second kappa shape index (κ2) is 6.15. The lowest BCUT2D eigenvalue weighted by Crippen LogP contribution is -2.19. The quantitative estimate of drug-likeness (QED) is 0.886. The van der Waals surface area contributed by atoms with Crippen molar-refractivity contribution in [3.05, 3.63) is 47.8 Å². The van der Waals surface area contributed by atoms with Crippen molar-refractivity contribution in [2.45, 2.75) is 13.2 Å². The fraction of sp³-hybridized carbons (Fsp3) is 0.286. The SMILES string of the molecule is COCc1nc(N)cc(N(C)Cc2ccccc2)n1. The molecule has 0 atom stereocenters. The molecule has 1 heterocycles. The molecule has 0 aliphatic heterocycles. The Hall–Kier alpha value is -2.14. The predicted molar refractivity (Wildman–Crippen MR) is 75.7 cm³/mol. The monoisotopic (exact) mass is 258 g/mol. The maximum Gasteiger partial charge on any atom is 0.158 e. The van der Waals surface area contributed by atoms with E-state index in [0.29, 0.717) is 18.2 Å². The van der Waals surface area contributed by atoms with E-state index in [2.05, 4.69) is 22.1 Å². The molecule has 0 bridgehead atoms. The van der Waals surface area contributed by atoms with E-state index in [-0.39, 0.29) is 0 Å². The standard InChI is InChI=1S/C14H18N4O/c1-18(9-11-6-4-3-5-7-11)14-8-12(15)16-13(17-14)10-19-2/h3-8H,9-10H2,1-2H3,(H2,15,16,17). The smallest absolute Gasteiger partial charge is 0.158 e. The first-order chi connectivity index (χ1) is 9.19. The summed E-state index contributed by atoms with van der Waals surface area (Å²) in [4.78, 5) is 10.6. The molecule has 0 aliphatic rings. The minimum absolute atomic E-state index is 0.358. The molecule has 2 N–H and O–H groups in total.